The standard InChI is InChI=1S/C30H27BO3/c1-29(2)30(3,4)34-31(33-29)25-16-11-17-26-27(25)24-19-22(20-12-7-5-8-13-20)18-23(28(24)32-26)21-14-9-6-10-15-21/h5-19H,1-4H3. The van der Waals surface area contributed by atoms with Crippen molar-refractivity contribution in [3.05, 3.63) is 91.0 Å². The van der Waals surface area contributed by atoms with E-state index in [0.717, 1.165) is 44.1 Å². The zero-order valence-corrected chi connectivity index (χ0v) is 20.0. The Morgan fingerprint density at radius 1 is 0.618 bits per heavy atom. The van der Waals surface area contributed by atoms with Gasteiger partial charge in [0.25, 0.3) is 0 Å². The molecule has 0 N–H and O–H groups in total. The van der Waals surface area contributed by atoms with Crippen LogP contribution in [0.4, 0.5) is 0 Å². The largest absolute Gasteiger partial charge is 0.495 e. The predicted molar refractivity (Wildman–Crippen MR) is 140 cm³/mol. The van der Waals surface area contributed by atoms with E-state index in [-0.39, 0.29) is 0 Å². The highest BCUT2D eigenvalue weighted by Crippen LogP contribution is 2.41. The van der Waals surface area contributed by atoms with Crippen LogP contribution in [0, 0.1) is 0 Å². The van der Waals surface area contributed by atoms with Crippen LogP contribution in [0.15, 0.2) is 95.4 Å². The minimum absolute atomic E-state index is 0.413. The second-order valence-electron chi connectivity index (χ2n) is 10.0. The molecule has 1 fully saturated rings. The third-order valence-electron chi connectivity index (χ3n) is 7.33. The molecule has 4 heteroatoms. The Labute approximate surface area is 200 Å². The lowest BCUT2D eigenvalue weighted by Gasteiger charge is -2.32. The molecule has 0 atom stereocenters. The predicted octanol–water partition coefficient (Wildman–Crippen LogP) is 7.22. The van der Waals surface area contributed by atoms with Crippen molar-refractivity contribution in [2.45, 2.75) is 38.9 Å². The van der Waals surface area contributed by atoms with Gasteiger partial charge < -0.3 is 13.7 Å². The van der Waals surface area contributed by atoms with Crippen molar-refractivity contribution in [3.63, 3.8) is 0 Å². The minimum Gasteiger partial charge on any atom is -0.455 e. The van der Waals surface area contributed by atoms with Gasteiger partial charge in [-0.3, -0.25) is 0 Å². The molecule has 0 saturated carbocycles. The summed E-state index contributed by atoms with van der Waals surface area (Å²) < 4.78 is 19.4. The highest BCUT2D eigenvalue weighted by Gasteiger charge is 2.52. The Morgan fingerprint density at radius 3 is 1.88 bits per heavy atom. The number of fused-ring (bicyclic) bond motifs is 3. The normalized spacial score (nSPS) is 17.0. The Bertz CT molecular complexity index is 1480. The number of benzene rings is 4. The molecule has 5 aromatic rings. The first-order valence-corrected chi connectivity index (χ1v) is 11.8. The molecule has 0 radical (unpaired) electrons. The zero-order valence-electron chi connectivity index (χ0n) is 20.0. The van der Waals surface area contributed by atoms with Gasteiger partial charge in [-0.15, -0.1) is 0 Å². The first kappa shape index (κ1) is 21.2. The fourth-order valence-electron chi connectivity index (χ4n) is 4.75. The summed E-state index contributed by atoms with van der Waals surface area (Å²) in [6.07, 6.45) is 0. The lowest BCUT2D eigenvalue weighted by Crippen LogP contribution is -2.41. The van der Waals surface area contributed by atoms with Gasteiger partial charge in [-0.2, -0.15) is 0 Å². The smallest absolute Gasteiger partial charge is 0.455 e. The van der Waals surface area contributed by atoms with Crippen LogP contribution in [0.1, 0.15) is 27.7 Å². The van der Waals surface area contributed by atoms with Crippen LogP contribution in [0.3, 0.4) is 0 Å². The molecule has 4 aromatic carbocycles. The highest BCUT2D eigenvalue weighted by molar-refractivity contribution is 6.66. The topological polar surface area (TPSA) is 31.6 Å². The molecule has 1 aliphatic heterocycles. The maximum atomic E-state index is 6.52. The van der Waals surface area contributed by atoms with E-state index in [1.54, 1.807) is 0 Å². The van der Waals surface area contributed by atoms with Crippen LogP contribution in [-0.4, -0.2) is 18.3 Å². The van der Waals surface area contributed by atoms with Crippen molar-refractivity contribution in [3.8, 4) is 22.3 Å². The van der Waals surface area contributed by atoms with E-state index in [1.165, 1.54) is 5.56 Å². The van der Waals surface area contributed by atoms with E-state index < -0.39 is 18.3 Å². The molecule has 0 bridgehead atoms. The second-order valence-corrected chi connectivity index (χ2v) is 10.0. The lowest BCUT2D eigenvalue weighted by molar-refractivity contribution is 0.00578. The van der Waals surface area contributed by atoms with Crippen LogP contribution >= 0.6 is 0 Å². The van der Waals surface area contributed by atoms with Gasteiger partial charge in [0.2, 0.25) is 0 Å². The second kappa shape index (κ2) is 7.59. The summed E-state index contributed by atoms with van der Waals surface area (Å²) in [6.45, 7) is 8.34. The van der Waals surface area contributed by atoms with Gasteiger partial charge in [-0.1, -0.05) is 72.8 Å². The van der Waals surface area contributed by atoms with Crippen LogP contribution in [-0.2, 0) is 9.31 Å². The lowest BCUT2D eigenvalue weighted by atomic mass is 9.76. The molecular weight excluding hydrogens is 419 g/mol. The highest BCUT2D eigenvalue weighted by atomic mass is 16.7. The van der Waals surface area contributed by atoms with E-state index >= 15 is 0 Å². The monoisotopic (exact) mass is 446 g/mol. The van der Waals surface area contributed by atoms with Gasteiger partial charge in [0.15, 0.2) is 0 Å². The molecule has 168 valence electrons. The maximum Gasteiger partial charge on any atom is 0.495 e. The van der Waals surface area contributed by atoms with E-state index in [1.807, 2.05) is 24.3 Å². The molecule has 0 aliphatic carbocycles. The van der Waals surface area contributed by atoms with Crippen LogP contribution in [0.25, 0.3) is 44.2 Å². The van der Waals surface area contributed by atoms with Gasteiger partial charge in [0.1, 0.15) is 11.2 Å². The summed E-state index contributed by atoms with van der Waals surface area (Å²) in [5.74, 6) is 0. The fraction of sp³-hybridized carbons (Fsp3) is 0.200. The molecule has 0 spiro atoms. The third kappa shape index (κ3) is 3.29. The van der Waals surface area contributed by atoms with Crippen molar-refractivity contribution in [2.75, 3.05) is 0 Å². The number of hydrogen-bond acceptors (Lipinski definition) is 3. The van der Waals surface area contributed by atoms with Crippen molar-refractivity contribution in [1.82, 2.24) is 0 Å². The summed E-state index contributed by atoms with van der Waals surface area (Å²) in [4.78, 5) is 0. The summed E-state index contributed by atoms with van der Waals surface area (Å²) in [5, 5.41) is 2.12. The quantitative estimate of drug-likeness (QED) is 0.274. The molecule has 2 heterocycles. The number of rotatable bonds is 3. The molecule has 6 rings (SSSR count). The molecule has 34 heavy (non-hydrogen) atoms. The Balaban J connectivity index is 1.65. The fourth-order valence-corrected chi connectivity index (χ4v) is 4.75. The average Bonchev–Trinajstić information content (AvgIpc) is 3.32. The molecule has 0 amide bonds. The maximum absolute atomic E-state index is 6.52. The zero-order chi connectivity index (χ0) is 23.5. The van der Waals surface area contributed by atoms with Gasteiger partial charge in [-0.25, -0.2) is 0 Å². The molecular formula is C30H27BO3. The first-order chi connectivity index (χ1) is 16.3. The minimum atomic E-state index is -0.463. The van der Waals surface area contributed by atoms with Crippen molar-refractivity contribution >= 4 is 34.5 Å². The average molecular weight is 446 g/mol. The number of hydrogen-bond donors (Lipinski definition) is 0. The summed E-state index contributed by atoms with van der Waals surface area (Å²) in [5.41, 5.74) is 6.42. The van der Waals surface area contributed by atoms with Crippen LogP contribution in [0.2, 0.25) is 0 Å². The van der Waals surface area contributed by atoms with Crippen molar-refractivity contribution < 1.29 is 13.7 Å². The van der Waals surface area contributed by atoms with Gasteiger partial charge in [-0.05, 0) is 68.0 Å². The molecule has 1 saturated heterocycles. The Morgan fingerprint density at radius 2 is 1.24 bits per heavy atom. The third-order valence-corrected chi connectivity index (χ3v) is 7.33. The van der Waals surface area contributed by atoms with Crippen molar-refractivity contribution in [1.29, 1.82) is 0 Å². The molecule has 3 nitrogen and oxygen atoms in total. The summed E-state index contributed by atoms with van der Waals surface area (Å²) in [6, 6.07) is 31.5. The molecule has 1 aromatic heterocycles. The summed E-state index contributed by atoms with van der Waals surface area (Å²) >= 11 is 0. The van der Waals surface area contributed by atoms with E-state index in [9.17, 15) is 0 Å². The molecule has 1 aliphatic rings. The Hall–Kier alpha value is -3.34. The van der Waals surface area contributed by atoms with Crippen LogP contribution in [0.5, 0.6) is 0 Å². The van der Waals surface area contributed by atoms with Gasteiger partial charge in [0, 0.05) is 16.3 Å². The number of furan rings is 1. The SMILES string of the molecule is CC1(C)OB(c2cccc3oc4c(-c5ccccc5)cc(-c5ccccc5)cc4c23)OC1(C)C. The van der Waals surface area contributed by atoms with E-state index in [4.69, 9.17) is 13.7 Å². The Kier molecular flexibility index (Phi) is 4.74. The van der Waals surface area contributed by atoms with E-state index in [0.29, 0.717) is 0 Å². The first-order valence-electron chi connectivity index (χ1n) is 11.8. The summed E-state index contributed by atoms with van der Waals surface area (Å²) in [7, 11) is -0.463. The van der Waals surface area contributed by atoms with Crippen LogP contribution < -0.4 is 5.46 Å². The van der Waals surface area contributed by atoms with Crippen molar-refractivity contribution in [2.24, 2.45) is 0 Å². The van der Waals surface area contributed by atoms with E-state index in [2.05, 4.69) is 94.4 Å². The van der Waals surface area contributed by atoms with Gasteiger partial charge in [0.05, 0.1) is 11.2 Å². The van der Waals surface area contributed by atoms with Gasteiger partial charge >= 0.3 is 7.12 Å². The molecule has 0 unspecified atom stereocenters.